The summed E-state index contributed by atoms with van der Waals surface area (Å²) in [7, 11) is 0. The van der Waals surface area contributed by atoms with E-state index in [1.807, 2.05) is 0 Å². The van der Waals surface area contributed by atoms with Gasteiger partial charge in [-0.15, -0.1) is 0 Å². The van der Waals surface area contributed by atoms with Gasteiger partial charge in [-0.2, -0.15) is 0 Å². The quantitative estimate of drug-likeness (QED) is 0.572. The van der Waals surface area contributed by atoms with Crippen molar-refractivity contribution in [2.75, 3.05) is 13.2 Å². The van der Waals surface area contributed by atoms with Crippen molar-refractivity contribution in [2.24, 2.45) is 0 Å². The van der Waals surface area contributed by atoms with Crippen LogP contribution in [0.4, 0.5) is 0 Å². The van der Waals surface area contributed by atoms with Crippen LogP contribution in [0.3, 0.4) is 0 Å². The predicted molar refractivity (Wildman–Crippen MR) is 46.7 cm³/mol. The molecule has 1 aliphatic rings. The summed E-state index contributed by atoms with van der Waals surface area (Å²) in [6.45, 7) is 10.7. The second-order valence-corrected chi connectivity index (χ2v) is 3.78. The summed E-state index contributed by atoms with van der Waals surface area (Å²) in [6.07, 6.45) is 0. The lowest BCUT2D eigenvalue weighted by molar-refractivity contribution is -0.0513. The first-order valence-corrected chi connectivity index (χ1v) is 4.48. The van der Waals surface area contributed by atoms with Crippen LogP contribution in [0.25, 0.3) is 0 Å². The van der Waals surface area contributed by atoms with Gasteiger partial charge in [0.25, 0.3) is 0 Å². The number of hydrogen-bond donors (Lipinski definition) is 0. The average molecular weight is 157 g/mol. The van der Waals surface area contributed by atoms with Crippen molar-refractivity contribution >= 4 is 0 Å². The fraction of sp³-hybridized carbons (Fsp3) is 1.00. The summed E-state index contributed by atoms with van der Waals surface area (Å²) >= 11 is 0. The minimum atomic E-state index is 0.582. The molecule has 0 spiro atoms. The van der Waals surface area contributed by atoms with Gasteiger partial charge in [0.2, 0.25) is 0 Å². The highest BCUT2D eigenvalue weighted by molar-refractivity contribution is 4.79. The molecule has 0 aromatic rings. The number of nitrogens with zero attached hydrogens (tertiary/aromatic N) is 1. The van der Waals surface area contributed by atoms with Crippen LogP contribution in [0.15, 0.2) is 0 Å². The van der Waals surface area contributed by atoms with E-state index in [1.165, 1.54) is 0 Å². The summed E-state index contributed by atoms with van der Waals surface area (Å²) in [6, 6.07) is 1.81. The fourth-order valence-corrected chi connectivity index (χ4v) is 2.03. The van der Waals surface area contributed by atoms with E-state index in [0.717, 1.165) is 13.2 Å². The van der Waals surface area contributed by atoms with Gasteiger partial charge in [-0.25, -0.2) is 0 Å². The Kier molecular flexibility index (Phi) is 2.90. The Bertz CT molecular complexity index is 115. The molecular weight excluding hydrogens is 138 g/mol. The molecule has 0 aliphatic carbocycles. The van der Waals surface area contributed by atoms with Crippen molar-refractivity contribution in [3.8, 4) is 0 Å². The van der Waals surface area contributed by atoms with Crippen LogP contribution < -0.4 is 0 Å². The molecule has 66 valence electrons. The van der Waals surface area contributed by atoms with E-state index in [1.54, 1.807) is 0 Å². The van der Waals surface area contributed by atoms with E-state index in [9.17, 15) is 0 Å². The van der Waals surface area contributed by atoms with E-state index in [4.69, 9.17) is 4.74 Å². The standard InChI is InChI=1S/C9H19NO/c1-7(2)10-8(3)5-11-6-9(10)4/h7-9H,5-6H2,1-4H3/t8-,9+. The van der Waals surface area contributed by atoms with Gasteiger partial charge in [-0.05, 0) is 27.7 Å². The van der Waals surface area contributed by atoms with E-state index in [-0.39, 0.29) is 0 Å². The minimum absolute atomic E-state index is 0.582. The Morgan fingerprint density at radius 1 is 1.18 bits per heavy atom. The second-order valence-electron chi connectivity index (χ2n) is 3.78. The zero-order chi connectivity index (χ0) is 8.43. The molecule has 1 rings (SSSR count). The van der Waals surface area contributed by atoms with Gasteiger partial charge in [0.05, 0.1) is 13.2 Å². The highest BCUT2D eigenvalue weighted by atomic mass is 16.5. The lowest BCUT2D eigenvalue weighted by atomic mass is 10.1. The molecule has 2 atom stereocenters. The van der Waals surface area contributed by atoms with Crippen molar-refractivity contribution in [2.45, 2.75) is 45.8 Å². The van der Waals surface area contributed by atoms with Crippen LogP contribution in [0.2, 0.25) is 0 Å². The smallest absolute Gasteiger partial charge is 0.0620 e. The van der Waals surface area contributed by atoms with Crippen LogP contribution in [0.1, 0.15) is 27.7 Å². The van der Waals surface area contributed by atoms with Gasteiger partial charge in [0, 0.05) is 18.1 Å². The maximum atomic E-state index is 5.43. The molecule has 0 N–H and O–H groups in total. The summed E-state index contributed by atoms with van der Waals surface area (Å²) in [4.78, 5) is 2.52. The highest BCUT2D eigenvalue weighted by Crippen LogP contribution is 2.15. The van der Waals surface area contributed by atoms with E-state index < -0.39 is 0 Å². The van der Waals surface area contributed by atoms with Crippen LogP contribution in [0, 0.1) is 0 Å². The van der Waals surface area contributed by atoms with Gasteiger partial charge in [0.1, 0.15) is 0 Å². The molecule has 1 fully saturated rings. The Morgan fingerprint density at radius 3 is 1.91 bits per heavy atom. The number of ether oxygens (including phenoxy) is 1. The molecule has 1 aliphatic heterocycles. The van der Waals surface area contributed by atoms with Crippen molar-refractivity contribution in [1.29, 1.82) is 0 Å². The second kappa shape index (κ2) is 3.55. The molecule has 2 heteroatoms. The van der Waals surface area contributed by atoms with E-state index in [2.05, 4.69) is 32.6 Å². The molecule has 0 amide bonds. The first-order valence-electron chi connectivity index (χ1n) is 4.48. The van der Waals surface area contributed by atoms with Crippen LogP contribution in [-0.4, -0.2) is 36.2 Å². The molecule has 0 bridgehead atoms. The first kappa shape index (κ1) is 9.01. The number of rotatable bonds is 1. The summed E-state index contributed by atoms with van der Waals surface area (Å²) in [5, 5.41) is 0. The normalized spacial score (nSPS) is 34.6. The molecule has 0 saturated carbocycles. The Hall–Kier alpha value is -0.0800. The number of morpholine rings is 1. The third kappa shape index (κ3) is 1.94. The van der Waals surface area contributed by atoms with Crippen molar-refractivity contribution < 1.29 is 4.74 Å². The zero-order valence-corrected chi connectivity index (χ0v) is 8.00. The molecule has 0 aromatic carbocycles. The molecular formula is C9H19NO. The van der Waals surface area contributed by atoms with Crippen LogP contribution >= 0.6 is 0 Å². The molecule has 0 aromatic heterocycles. The van der Waals surface area contributed by atoms with Crippen LogP contribution in [0.5, 0.6) is 0 Å². The van der Waals surface area contributed by atoms with Crippen molar-refractivity contribution in [3.05, 3.63) is 0 Å². The Morgan fingerprint density at radius 2 is 1.64 bits per heavy atom. The lowest BCUT2D eigenvalue weighted by Gasteiger charge is -2.41. The fourth-order valence-electron chi connectivity index (χ4n) is 2.03. The largest absolute Gasteiger partial charge is 0.378 e. The minimum Gasteiger partial charge on any atom is -0.378 e. The predicted octanol–water partition coefficient (Wildman–Crippen LogP) is 1.50. The summed E-state index contributed by atoms with van der Waals surface area (Å²) in [5.74, 6) is 0. The maximum Gasteiger partial charge on any atom is 0.0620 e. The maximum absolute atomic E-state index is 5.43. The number of hydrogen-bond acceptors (Lipinski definition) is 2. The van der Waals surface area contributed by atoms with Gasteiger partial charge in [-0.1, -0.05) is 0 Å². The van der Waals surface area contributed by atoms with Gasteiger partial charge in [-0.3, -0.25) is 4.90 Å². The molecule has 1 saturated heterocycles. The van der Waals surface area contributed by atoms with Gasteiger partial charge in [0.15, 0.2) is 0 Å². The van der Waals surface area contributed by atoms with Crippen molar-refractivity contribution in [1.82, 2.24) is 4.90 Å². The lowest BCUT2D eigenvalue weighted by Crippen LogP contribution is -2.52. The van der Waals surface area contributed by atoms with E-state index in [0.29, 0.717) is 18.1 Å². The van der Waals surface area contributed by atoms with E-state index >= 15 is 0 Å². The third-order valence-corrected chi connectivity index (χ3v) is 2.33. The highest BCUT2D eigenvalue weighted by Gasteiger charge is 2.26. The first-order chi connectivity index (χ1) is 5.13. The van der Waals surface area contributed by atoms with Crippen molar-refractivity contribution in [3.63, 3.8) is 0 Å². The SMILES string of the molecule is CC(C)N1[C@H](C)COC[C@@H]1C. The molecule has 0 radical (unpaired) electrons. The summed E-state index contributed by atoms with van der Waals surface area (Å²) in [5.41, 5.74) is 0. The van der Waals surface area contributed by atoms with Crippen LogP contribution in [-0.2, 0) is 4.74 Å². The molecule has 11 heavy (non-hydrogen) atoms. The van der Waals surface area contributed by atoms with Gasteiger partial charge >= 0.3 is 0 Å². The monoisotopic (exact) mass is 157 g/mol. The molecule has 2 nitrogen and oxygen atoms in total. The summed E-state index contributed by atoms with van der Waals surface area (Å²) < 4.78 is 5.43. The molecule has 0 unspecified atom stereocenters. The molecule has 1 heterocycles. The third-order valence-electron chi connectivity index (χ3n) is 2.33. The zero-order valence-electron chi connectivity index (χ0n) is 8.00. The Balaban J connectivity index is 2.55. The average Bonchev–Trinajstić information content (AvgIpc) is 1.85. The Labute approximate surface area is 69.5 Å². The van der Waals surface area contributed by atoms with Gasteiger partial charge < -0.3 is 4.74 Å². The topological polar surface area (TPSA) is 12.5 Å².